The lowest BCUT2D eigenvalue weighted by atomic mass is 9.75. The highest BCUT2D eigenvalue weighted by atomic mass is 19.1. The summed E-state index contributed by atoms with van der Waals surface area (Å²) in [5, 5.41) is 3.43. The number of ketones is 1. The third-order valence-corrected chi connectivity index (χ3v) is 7.43. The van der Waals surface area contributed by atoms with Crippen LogP contribution in [0, 0.1) is 11.2 Å². The van der Waals surface area contributed by atoms with E-state index in [4.69, 9.17) is 5.73 Å². The molecule has 0 atom stereocenters. The number of aromatic nitrogens is 1. The number of primary amides is 1. The monoisotopic (exact) mass is 437 g/mol. The van der Waals surface area contributed by atoms with E-state index < -0.39 is 11.7 Å². The molecule has 0 aliphatic heterocycles. The maximum absolute atomic E-state index is 15.3. The second kappa shape index (κ2) is 7.75. The fourth-order valence-electron chi connectivity index (χ4n) is 6.09. The van der Waals surface area contributed by atoms with Crippen LogP contribution in [0.1, 0.15) is 96.5 Å². The Balaban J connectivity index is 1.67. The Morgan fingerprint density at radius 2 is 1.84 bits per heavy atom. The van der Waals surface area contributed by atoms with Crippen LogP contribution < -0.4 is 11.1 Å². The van der Waals surface area contributed by atoms with Crippen molar-refractivity contribution in [2.24, 2.45) is 11.1 Å². The van der Waals surface area contributed by atoms with Crippen molar-refractivity contribution in [1.29, 1.82) is 0 Å². The Morgan fingerprint density at radius 1 is 1.09 bits per heavy atom. The Kier molecular flexibility index (Phi) is 5.14. The second-order valence-electron chi connectivity index (χ2n) is 10.6. The van der Waals surface area contributed by atoms with Crippen molar-refractivity contribution in [2.45, 2.75) is 84.1 Å². The molecule has 0 radical (unpaired) electrons. The highest BCUT2D eigenvalue weighted by molar-refractivity contribution is 6.01. The molecule has 170 valence electrons. The summed E-state index contributed by atoms with van der Waals surface area (Å²) in [5.74, 6) is -1.17. The molecule has 3 aliphatic rings. The molecule has 0 unspecified atom stereocenters. The van der Waals surface area contributed by atoms with Gasteiger partial charge >= 0.3 is 0 Å². The van der Waals surface area contributed by atoms with Crippen LogP contribution in [0.15, 0.2) is 12.1 Å². The van der Waals surface area contributed by atoms with E-state index >= 15 is 4.39 Å². The number of Topliss-reactive ketones (excluding diaryl/α,β-unsaturated/α-hetero) is 1. The number of halogens is 1. The summed E-state index contributed by atoms with van der Waals surface area (Å²) in [6.45, 7) is 4.23. The van der Waals surface area contributed by atoms with Gasteiger partial charge in [0.15, 0.2) is 5.78 Å². The van der Waals surface area contributed by atoms with Gasteiger partial charge in [-0.3, -0.25) is 9.59 Å². The summed E-state index contributed by atoms with van der Waals surface area (Å²) in [7, 11) is 0. The van der Waals surface area contributed by atoms with Gasteiger partial charge in [-0.15, -0.1) is 0 Å². The lowest BCUT2D eigenvalue weighted by Gasteiger charge is -2.30. The molecule has 1 aromatic carbocycles. The largest absolute Gasteiger partial charge is 0.382 e. The zero-order valence-corrected chi connectivity index (χ0v) is 19.0. The second-order valence-corrected chi connectivity index (χ2v) is 10.6. The third-order valence-electron chi connectivity index (χ3n) is 7.43. The predicted octanol–water partition coefficient (Wildman–Crippen LogP) is 5.10. The summed E-state index contributed by atoms with van der Waals surface area (Å²) in [4.78, 5) is 25.2. The number of carbonyl (C=O) groups excluding carboxylic acids is 2. The summed E-state index contributed by atoms with van der Waals surface area (Å²) in [6, 6.07) is 3.49. The van der Waals surface area contributed by atoms with Crippen molar-refractivity contribution < 1.29 is 14.0 Å². The third kappa shape index (κ3) is 3.54. The molecule has 5 rings (SSSR count). The van der Waals surface area contributed by atoms with E-state index in [0.717, 1.165) is 73.9 Å². The van der Waals surface area contributed by atoms with Gasteiger partial charge in [-0.1, -0.05) is 33.1 Å². The van der Waals surface area contributed by atoms with Crippen molar-refractivity contribution in [3.8, 4) is 5.69 Å². The van der Waals surface area contributed by atoms with E-state index in [1.165, 1.54) is 12.5 Å². The minimum absolute atomic E-state index is 0.0756. The first-order chi connectivity index (χ1) is 15.2. The number of amides is 1. The fraction of sp³-hybridized carbons (Fsp3) is 0.538. The Labute approximate surface area is 188 Å². The standard InChI is InChI=1S/C26H32FN3O2/c1-26(2)13-21-23(22(31)14-26)17-9-6-10-20(17)30(21)16-11-18(27)24(25(28)32)19(12-16)29-15-7-4-3-5-8-15/h11-12,15,29H,3-10,13-14H2,1-2H3,(H2,28,32). The lowest BCUT2D eigenvalue weighted by molar-refractivity contribution is 0.0909. The van der Waals surface area contributed by atoms with Crippen LogP contribution in [0.5, 0.6) is 0 Å². The number of benzene rings is 1. The molecule has 0 spiro atoms. The number of fused-ring (bicyclic) bond motifs is 3. The van der Waals surface area contributed by atoms with Crippen molar-refractivity contribution in [3.05, 3.63) is 46.0 Å². The summed E-state index contributed by atoms with van der Waals surface area (Å²) >= 11 is 0. The maximum Gasteiger partial charge on any atom is 0.253 e. The molecule has 1 saturated carbocycles. The molecule has 5 nitrogen and oxygen atoms in total. The smallest absolute Gasteiger partial charge is 0.253 e. The van der Waals surface area contributed by atoms with Crippen LogP contribution in [-0.2, 0) is 19.3 Å². The molecular weight excluding hydrogens is 405 g/mol. The van der Waals surface area contributed by atoms with Gasteiger partial charge in [0, 0.05) is 29.4 Å². The zero-order chi connectivity index (χ0) is 22.6. The number of carbonyl (C=O) groups is 2. The van der Waals surface area contributed by atoms with Gasteiger partial charge in [-0.05, 0) is 61.6 Å². The van der Waals surface area contributed by atoms with Crippen LogP contribution >= 0.6 is 0 Å². The van der Waals surface area contributed by atoms with Gasteiger partial charge in [0.25, 0.3) is 5.91 Å². The van der Waals surface area contributed by atoms with Crippen LogP contribution in [0.2, 0.25) is 0 Å². The number of rotatable bonds is 4. The number of nitrogens with one attached hydrogen (secondary N) is 1. The molecule has 2 aromatic rings. The van der Waals surface area contributed by atoms with E-state index in [-0.39, 0.29) is 22.8 Å². The van der Waals surface area contributed by atoms with Gasteiger partial charge in [0.1, 0.15) is 5.82 Å². The van der Waals surface area contributed by atoms with E-state index in [9.17, 15) is 9.59 Å². The molecular formula is C26H32FN3O2. The predicted molar refractivity (Wildman–Crippen MR) is 123 cm³/mol. The number of hydrogen-bond donors (Lipinski definition) is 2. The van der Waals surface area contributed by atoms with E-state index in [2.05, 4.69) is 23.7 Å². The van der Waals surface area contributed by atoms with Crippen molar-refractivity contribution >= 4 is 17.4 Å². The molecule has 1 fully saturated rings. The molecule has 3 aliphatic carbocycles. The molecule has 0 bridgehead atoms. The van der Waals surface area contributed by atoms with Crippen molar-refractivity contribution in [2.75, 3.05) is 5.32 Å². The first kappa shape index (κ1) is 21.2. The van der Waals surface area contributed by atoms with Gasteiger partial charge in [0.2, 0.25) is 0 Å². The average molecular weight is 438 g/mol. The molecule has 1 heterocycles. The average Bonchev–Trinajstić information content (AvgIpc) is 3.26. The minimum atomic E-state index is -0.761. The van der Waals surface area contributed by atoms with Crippen LogP contribution in [-0.4, -0.2) is 22.3 Å². The number of nitrogens with two attached hydrogens (primary N) is 1. The summed E-state index contributed by atoms with van der Waals surface area (Å²) in [5.41, 5.74) is 10.6. The van der Waals surface area contributed by atoms with Gasteiger partial charge < -0.3 is 15.6 Å². The van der Waals surface area contributed by atoms with Crippen LogP contribution in [0.4, 0.5) is 10.1 Å². The Morgan fingerprint density at radius 3 is 2.56 bits per heavy atom. The highest BCUT2D eigenvalue weighted by Crippen LogP contribution is 2.43. The molecule has 0 saturated heterocycles. The Hall–Kier alpha value is -2.63. The topological polar surface area (TPSA) is 77.1 Å². The van der Waals surface area contributed by atoms with E-state index in [0.29, 0.717) is 17.8 Å². The normalized spacial score (nSPS) is 20.2. The van der Waals surface area contributed by atoms with Crippen molar-refractivity contribution in [3.63, 3.8) is 0 Å². The van der Waals surface area contributed by atoms with Gasteiger partial charge in [-0.2, -0.15) is 0 Å². The first-order valence-corrected chi connectivity index (χ1v) is 11.9. The quantitative estimate of drug-likeness (QED) is 0.698. The fourth-order valence-corrected chi connectivity index (χ4v) is 6.09. The van der Waals surface area contributed by atoms with Crippen LogP contribution in [0.3, 0.4) is 0 Å². The number of anilines is 1. The number of nitrogens with zero attached hydrogens (tertiary/aromatic N) is 1. The number of hydrogen-bond acceptors (Lipinski definition) is 3. The molecule has 32 heavy (non-hydrogen) atoms. The first-order valence-electron chi connectivity index (χ1n) is 11.9. The van der Waals surface area contributed by atoms with Crippen molar-refractivity contribution in [1.82, 2.24) is 4.57 Å². The summed E-state index contributed by atoms with van der Waals surface area (Å²) < 4.78 is 17.4. The molecule has 6 heteroatoms. The Bertz CT molecular complexity index is 1110. The molecule has 1 aromatic heterocycles. The van der Waals surface area contributed by atoms with Gasteiger partial charge in [-0.25, -0.2) is 4.39 Å². The maximum atomic E-state index is 15.3. The minimum Gasteiger partial charge on any atom is -0.382 e. The van der Waals surface area contributed by atoms with E-state index in [1.807, 2.05) is 6.07 Å². The molecule has 1 amide bonds. The SMILES string of the molecule is CC1(C)CC(=O)c2c3c(n(-c4cc(F)c(C(N)=O)c(NC5CCCCC5)c4)c2C1)CCC3. The zero-order valence-electron chi connectivity index (χ0n) is 19.0. The lowest BCUT2D eigenvalue weighted by Crippen LogP contribution is -2.28. The van der Waals surface area contributed by atoms with Gasteiger partial charge in [0.05, 0.1) is 16.9 Å². The molecule has 3 N–H and O–H groups in total. The van der Waals surface area contributed by atoms with Crippen LogP contribution in [0.25, 0.3) is 5.69 Å². The summed E-state index contributed by atoms with van der Waals surface area (Å²) in [6.07, 6.45) is 9.55. The highest BCUT2D eigenvalue weighted by Gasteiger charge is 2.39. The van der Waals surface area contributed by atoms with E-state index in [1.54, 1.807) is 0 Å².